The van der Waals surface area contributed by atoms with Crippen molar-refractivity contribution < 1.29 is 0 Å². The number of nitrogens with zero attached hydrogens (tertiary/aromatic N) is 2. The Kier molecular flexibility index (Phi) is 6.65. The standard InChI is InChI=1S/C18H14BrCl3N4S/c1-10-2-4-12(20)7-16(10)23-18(27)24-17-13(19)9-26(25-17)8-11-3-5-14(21)15(22)6-11/h2-7,9H,8H2,1H3,(H2,23,24,25,27). The van der Waals surface area contributed by atoms with E-state index in [2.05, 4.69) is 31.7 Å². The van der Waals surface area contributed by atoms with Gasteiger partial charge in [0.15, 0.2) is 10.9 Å². The lowest BCUT2D eigenvalue weighted by Gasteiger charge is -2.11. The molecule has 3 aromatic rings. The van der Waals surface area contributed by atoms with Crippen molar-refractivity contribution in [2.24, 2.45) is 0 Å². The van der Waals surface area contributed by atoms with Gasteiger partial charge >= 0.3 is 0 Å². The third kappa shape index (κ3) is 5.36. The summed E-state index contributed by atoms with van der Waals surface area (Å²) in [5, 5.41) is 12.8. The molecule has 140 valence electrons. The fourth-order valence-electron chi connectivity index (χ4n) is 2.38. The van der Waals surface area contributed by atoms with Crippen LogP contribution in [0.4, 0.5) is 11.5 Å². The molecule has 0 aliphatic carbocycles. The normalized spacial score (nSPS) is 10.7. The number of hydrogen-bond acceptors (Lipinski definition) is 2. The third-order valence-corrected chi connectivity index (χ3v) is 5.48. The number of anilines is 2. The molecule has 9 heteroatoms. The van der Waals surface area contributed by atoms with Gasteiger partial charge in [0, 0.05) is 16.9 Å². The molecule has 4 nitrogen and oxygen atoms in total. The highest BCUT2D eigenvalue weighted by atomic mass is 79.9. The topological polar surface area (TPSA) is 41.9 Å². The molecule has 27 heavy (non-hydrogen) atoms. The Hall–Kier alpha value is -1.31. The molecule has 0 aliphatic heterocycles. The van der Waals surface area contributed by atoms with Gasteiger partial charge in [-0.15, -0.1) is 0 Å². The highest BCUT2D eigenvalue weighted by molar-refractivity contribution is 9.10. The van der Waals surface area contributed by atoms with Crippen molar-refractivity contribution in [1.29, 1.82) is 0 Å². The van der Waals surface area contributed by atoms with E-state index < -0.39 is 0 Å². The second-order valence-electron chi connectivity index (χ2n) is 5.81. The van der Waals surface area contributed by atoms with Gasteiger partial charge in [0.05, 0.1) is 21.1 Å². The smallest absolute Gasteiger partial charge is 0.176 e. The summed E-state index contributed by atoms with van der Waals surface area (Å²) in [6, 6.07) is 11.1. The molecule has 0 fully saturated rings. The number of hydrogen-bond donors (Lipinski definition) is 2. The molecule has 2 aromatic carbocycles. The van der Waals surface area contributed by atoms with Gasteiger partial charge in [0.25, 0.3) is 0 Å². The maximum absolute atomic E-state index is 6.07. The first kappa shape index (κ1) is 20.4. The van der Waals surface area contributed by atoms with E-state index in [0.29, 0.717) is 32.5 Å². The van der Waals surface area contributed by atoms with E-state index in [1.165, 1.54) is 0 Å². The van der Waals surface area contributed by atoms with Crippen LogP contribution in [0.2, 0.25) is 15.1 Å². The van der Waals surface area contributed by atoms with Crippen molar-refractivity contribution in [2.45, 2.75) is 13.5 Å². The number of aryl methyl sites for hydroxylation is 1. The molecule has 0 spiro atoms. The van der Waals surface area contributed by atoms with E-state index in [1.54, 1.807) is 10.7 Å². The molecule has 0 saturated carbocycles. The highest BCUT2D eigenvalue weighted by Crippen LogP contribution is 2.25. The van der Waals surface area contributed by atoms with Crippen molar-refractivity contribution in [3.05, 3.63) is 73.3 Å². The molecule has 0 bridgehead atoms. The molecule has 0 radical (unpaired) electrons. The minimum Gasteiger partial charge on any atom is -0.332 e. The van der Waals surface area contributed by atoms with E-state index in [4.69, 9.17) is 47.0 Å². The summed E-state index contributed by atoms with van der Waals surface area (Å²) in [6.45, 7) is 2.52. The number of rotatable bonds is 4. The van der Waals surface area contributed by atoms with Gasteiger partial charge < -0.3 is 10.6 Å². The van der Waals surface area contributed by atoms with Gasteiger partial charge in [0.2, 0.25) is 0 Å². The van der Waals surface area contributed by atoms with E-state index >= 15 is 0 Å². The molecule has 3 rings (SSSR count). The second kappa shape index (κ2) is 8.80. The Bertz CT molecular complexity index is 1010. The summed E-state index contributed by atoms with van der Waals surface area (Å²) < 4.78 is 2.56. The van der Waals surface area contributed by atoms with E-state index in [9.17, 15) is 0 Å². The predicted molar refractivity (Wildman–Crippen MR) is 122 cm³/mol. The van der Waals surface area contributed by atoms with Crippen LogP contribution in [0, 0.1) is 6.92 Å². The molecule has 0 saturated heterocycles. The predicted octanol–water partition coefficient (Wildman–Crippen LogP) is 6.77. The van der Waals surface area contributed by atoms with Crippen LogP contribution in [0.15, 0.2) is 47.1 Å². The van der Waals surface area contributed by atoms with Crippen LogP contribution < -0.4 is 10.6 Å². The number of halogens is 4. The zero-order valence-electron chi connectivity index (χ0n) is 14.1. The van der Waals surface area contributed by atoms with Crippen LogP contribution in [0.25, 0.3) is 0 Å². The SMILES string of the molecule is Cc1ccc(Cl)cc1NC(=S)Nc1nn(Cc2ccc(Cl)c(Cl)c2)cc1Br. The minimum atomic E-state index is 0.417. The summed E-state index contributed by atoms with van der Waals surface area (Å²) >= 11 is 26.9. The first-order valence-electron chi connectivity index (χ1n) is 7.83. The van der Waals surface area contributed by atoms with Crippen molar-refractivity contribution in [3.63, 3.8) is 0 Å². The second-order valence-corrected chi connectivity index (χ2v) is 8.32. The lowest BCUT2D eigenvalue weighted by Crippen LogP contribution is -2.20. The first-order chi connectivity index (χ1) is 12.8. The largest absolute Gasteiger partial charge is 0.332 e. The molecule has 0 unspecified atom stereocenters. The van der Waals surface area contributed by atoms with Gasteiger partial charge in [-0.25, -0.2) is 0 Å². The van der Waals surface area contributed by atoms with Gasteiger partial charge in [-0.1, -0.05) is 46.9 Å². The number of thiocarbonyl (C=S) groups is 1. The Balaban J connectivity index is 1.69. The van der Waals surface area contributed by atoms with Crippen LogP contribution in [0.1, 0.15) is 11.1 Å². The van der Waals surface area contributed by atoms with Crippen LogP contribution in [-0.4, -0.2) is 14.9 Å². The third-order valence-electron chi connectivity index (χ3n) is 3.73. The molecule has 0 aliphatic rings. The van der Waals surface area contributed by atoms with E-state index in [-0.39, 0.29) is 0 Å². The maximum Gasteiger partial charge on any atom is 0.176 e. The summed E-state index contributed by atoms with van der Waals surface area (Å²) in [6.07, 6.45) is 1.86. The molecular formula is C18H14BrCl3N4S. The van der Waals surface area contributed by atoms with Gasteiger partial charge in [0.1, 0.15) is 0 Å². The number of nitrogens with one attached hydrogen (secondary N) is 2. The highest BCUT2D eigenvalue weighted by Gasteiger charge is 2.10. The molecule has 1 heterocycles. The molecule has 0 amide bonds. The number of aromatic nitrogens is 2. The monoisotopic (exact) mass is 502 g/mol. The van der Waals surface area contributed by atoms with Crippen LogP contribution in [0.5, 0.6) is 0 Å². The van der Waals surface area contributed by atoms with E-state index in [0.717, 1.165) is 21.3 Å². The molecular weight excluding hydrogens is 491 g/mol. The zero-order chi connectivity index (χ0) is 19.6. The summed E-state index contributed by atoms with van der Waals surface area (Å²) in [7, 11) is 0. The first-order valence-corrected chi connectivity index (χ1v) is 10.2. The fraction of sp³-hybridized carbons (Fsp3) is 0.111. The maximum atomic E-state index is 6.07. The summed E-state index contributed by atoms with van der Waals surface area (Å²) in [5.41, 5.74) is 2.86. The number of benzene rings is 2. The van der Waals surface area contributed by atoms with Gasteiger partial charge in [-0.3, -0.25) is 4.68 Å². The van der Waals surface area contributed by atoms with Crippen LogP contribution >= 0.6 is 63.0 Å². The van der Waals surface area contributed by atoms with Crippen LogP contribution in [-0.2, 0) is 6.54 Å². The lowest BCUT2D eigenvalue weighted by molar-refractivity contribution is 0.689. The lowest BCUT2D eigenvalue weighted by atomic mass is 10.2. The fourth-order valence-corrected chi connectivity index (χ4v) is 3.49. The van der Waals surface area contributed by atoms with Crippen molar-refractivity contribution in [3.8, 4) is 0 Å². The average Bonchev–Trinajstić information content (AvgIpc) is 2.93. The zero-order valence-corrected chi connectivity index (χ0v) is 18.7. The Morgan fingerprint density at radius 1 is 1.11 bits per heavy atom. The van der Waals surface area contributed by atoms with Crippen molar-refractivity contribution in [2.75, 3.05) is 10.6 Å². The Morgan fingerprint density at radius 2 is 1.89 bits per heavy atom. The van der Waals surface area contributed by atoms with E-state index in [1.807, 2.05) is 43.5 Å². The van der Waals surface area contributed by atoms with Crippen molar-refractivity contribution >= 4 is 79.6 Å². The molecule has 2 N–H and O–H groups in total. The molecule has 1 aromatic heterocycles. The molecule has 0 atom stereocenters. The van der Waals surface area contributed by atoms with Gasteiger partial charge in [-0.2, -0.15) is 5.10 Å². The summed E-state index contributed by atoms with van der Waals surface area (Å²) in [5.74, 6) is 0.604. The Labute approximate surface area is 185 Å². The van der Waals surface area contributed by atoms with Crippen molar-refractivity contribution in [1.82, 2.24) is 9.78 Å². The average molecular weight is 505 g/mol. The quantitative estimate of drug-likeness (QED) is 0.385. The van der Waals surface area contributed by atoms with Gasteiger partial charge in [-0.05, 0) is 70.5 Å². The Morgan fingerprint density at radius 3 is 2.63 bits per heavy atom. The summed E-state index contributed by atoms with van der Waals surface area (Å²) in [4.78, 5) is 0. The minimum absolute atomic E-state index is 0.417. The van der Waals surface area contributed by atoms with Crippen LogP contribution in [0.3, 0.4) is 0 Å².